The highest BCUT2D eigenvalue weighted by atomic mass is 32.1. The molecule has 0 bridgehead atoms. The maximum atomic E-state index is 4.34. The van der Waals surface area contributed by atoms with Gasteiger partial charge in [-0.1, -0.05) is 0 Å². The van der Waals surface area contributed by atoms with E-state index in [1.807, 2.05) is 23.3 Å². The zero-order valence-electron chi connectivity index (χ0n) is 8.58. The maximum Gasteiger partial charge on any atom is 0.124 e. The van der Waals surface area contributed by atoms with Gasteiger partial charge in [0.1, 0.15) is 10.0 Å². The highest BCUT2D eigenvalue weighted by molar-refractivity contribution is 7.80. The quantitative estimate of drug-likeness (QED) is 0.670. The first-order chi connectivity index (χ1) is 7.74. The average Bonchev–Trinajstić information content (AvgIpc) is 2.86. The van der Waals surface area contributed by atoms with Gasteiger partial charge in [0.25, 0.3) is 0 Å². The molecule has 0 saturated heterocycles. The Morgan fingerprint density at radius 3 is 3.00 bits per heavy atom. The van der Waals surface area contributed by atoms with Gasteiger partial charge in [-0.15, -0.1) is 24.0 Å². The molecule has 3 rings (SSSR count). The Kier molecular flexibility index (Phi) is 2.22. The number of benzene rings is 1. The standard InChI is InChI=1S/C11H9N3S2/c1-14-6-12-8-4-7(2-3-9(8)14)11-13-10(15)5-16-11/h2-6,15H,1H3. The summed E-state index contributed by atoms with van der Waals surface area (Å²) in [5, 5.41) is 3.68. The van der Waals surface area contributed by atoms with Gasteiger partial charge in [-0.3, -0.25) is 0 Å². The molecule has 0 amide bonds. The van der Waals surface area contributed by atoms with E-state index in [9.17, 15) is 0 Å². The van der Waals surface area contributed by atoms with Crippen molar-refractivity contribution in [2.75, 3.05) is 0 Å². The predicted molar refractivity (Wildman–Crippen MR) is 69.1 cm³/mol. The van der Waals surface area contributed by atoms with Crippen LogP contribution in [-0.4, -0.2) is 14.5 Å². The van der Waals surface area contributed by atoms with Crippen molar-refractivity contribution in [1.29, 1.82) is 0 Å². The summed E-state index contributed by atoms with van der Waals surface area (Å²) in [7, 11) is 1.99. The molecule has 0 fully saturated rings. The van der Waals surface area contributed by atoms with E-state index in [4.69, 9.17) is 0 Å². The molecule has 3 nitrogen and oxygen atoms in total. The van der Waals surface area contributed by atoms with E-state index in [1.165, 1.54) is 0 Å². The van der Waals surface area contributed by atoms with Gasteiger partial charge in [0, 0.05) is 18.0 Å². The highest BCUT2D eigenvalue weighted by Crippen LogP contribution is 2.27. The van der Waals surface area contributed by atoms with Crippen LogP contribution >= 0.6 is 24.0 Å². The molecule has 5 heteroatoms. The lowest BCUT2D eigenvalue weighted by Gasteiger charge is -1.97. The Bertz CT molecular complexity index is 654. The normalized spacial score (nSPS) is 11.1. The van der Waals surface area contributed by atoms with Crippen LogP contribution in [0.3, 0.4) is 0 Å². The van der Waals surface area contributed by atoms with Crippen molar-refractivity contribution in [1.82, 2.24) is 14.5 Å². The maximum absolute atomic E-state index is 4.34. The van der Waals surface area contributed by atoms with E-state index in [-0.39, 0.29) is 0 Å². The summed E-state index contributed by atoms with van der Waals surface area (Å²) in [4.78, 5) is 8.67. The largest absolute Gasteiger partial charge is 0.334 e. The number of rotatable bonds is 1. The van der Waals surface area contributed by atoms with Crippen molar-refractivity contribution in [2.45, 2.75) is 5.03 Å². The molecule has 3 aromatic rings. The Balaban J connectivity index is 2.18. The second-order valence-corrected chi connectivity index (χ2v) is 4.89. The summed E-state index contributed by atoms with van der Waals surface area (Å²) in [5.74, 6) is 0. The van der Waals surface area contributed by atoms with E-state index in [2.05, 4.69) is 40.8 Å². The van der Waals surface area contributed by atoms with Crippen LogP contribution < -0.4 is 0 Å². The summed E-state index contributed by atoms with van der Waals surface area (Å²) >= 11 is 5.81. The fourth-order valence-electron chi connectivity index (χ4n) is 1.67. The molecule has 0 spiro atoms. The van der Waals surface area contributed by atoms with Gasteiger partial charge < -0.3 is 4.57 Å². The third-order valence-electron chi connectivity index (χ3n) is 2.46. The molecule has 0 saturated carbocycles. The highest BCUT2D eigenvalue weighted by Gasteiger charge is 2.05. The van der Waals surface area contributed by atoms with Gasteiger partial charge in [0.15, 0.2) is 0 Å². The van der Waals surface area contributed by atoms with Crippen LogP contribution in [0.1, 0.15) is 0 Å². The first kappa shape index (κ1) is 9.86. The zero-order valence-corrected chi connectivity index (χ0v) is 10.3. The molecular formula is C11H9N3S2. The van der Waals surface area contributed by atoms with Gasteiger partial charge in [-0.25, -0.2) is 9.97 Å². The second kappa shape index (κ2) is 3.61. The number of imidazole rings is 1. The molecule has 0 radical (unpaired) electrons. The molecule has 0 unspecified atom stereocenters. The van der Waals surface area contributed by atoms with Crippen LogP contribution in [0.2, 0.25) is 0 Å². The smallest absolute Gasteiger partial charge is 0.124 e. The van der Waals surface area contributed by atoms with Crippen molar-refractivity contribution in [3.8, 4) is 10.6 Å². The molecule has 80 valence electrons. The van der Waals surface area contributed by atoms with Crippen molar-refractivity contribution in [3.05, 3.63) is 29.9 Å². The minimum atomic E-state index is 0.765. The van der Waals surface area contributed by atoms with Gasteiger partial charge in [0.2, 0.25) is 0 Å². The van der Waals surface area contributed by atoms with Crippen LogP contribution in [0, 0.1) is 0 Å². The first-order valence-corrected chi connectivity index (χ1v) is 6.13. The third-order valence-corrected chi connectivity index (χ3v) is 3.76. The summed E-state index contributed by atoms with van der Waals surface area (Å²) < 4.78 is 2.00. The molecule has 1 aromatic carbocycles. The Hall–Kier alpha value is -1.33. The number of fused-ring (bicyclic) bond motifs is 1. The minimum Gasteiger partial charge on any atom is -0.334 e. The van der Waals surface area contributed by atoms with E-state index >= 15 is 0 Å². The number of thiazole rings is 1. The topological polar surface area (TPSA) is 30.7 Å². The summed E-state index contributed by atoms with van der Waals surface area (Å²) in [5.41, 5.74) is 3.22. The number of aromatic nitrogens is 3. The molecule has 0 atom stereocenters. The number of hydrogen-bond acceptors (Lipinski definition) is 4. The lowest BCUT2D eigenvalue weighted by atomic mass is 10.2. The number of aryl methyl sites for hydroxylation is 1. The summed E-state index contributed by atoms with van der Waals surface area (Å²) in [6.45, 7) is 0. The predicted octanol–water partition coefficient (Wildman–Crippen LogP) is 2.99. The van der Waals surface area contributed by atoms with E-state index in [0.29, 0.717) is 0 Å². The van der Waals surface area contributed by atoms with Crippen molar-refractivity contribution >= 4 is 35.0 Å². The first-order valence-electron chi connectivity index (χ1n) is 4.80. The second-order valence-electron chi connectivity index (χ2n) is 3.57. The van der Waals surface area contributed by atoms with Crippen LogP contribution in [0.4, 0.5) is 0 Å². The number of thiol groups is 1. The van der Waals surface area contributed by atoms with E-state index in [0.717, 1.165) is 26.6 Å². The van der Waals surface area contributed by atoms with Gasteiger partial charge in [-0.2, -0.15) is 0 Å². The minimum absolute atomic E-state index is 0.765. The third kappa shape index (κ3) is 1.52. The van der Waals surface area contributed by atoms with E-state index < -0.39 is 0 Å². The Morgan fingerprint density at radius 2 is 2.25 bits per heavy atom. The van der Waals surface area contributed by atoms with Gasteiger partial charge in [0.05, 0.1) is 17.4 Å². The fraction of sp³-hybridized carbons (Fsp3) is 0.0909. The molecule has 2 heterocycles. The fourth-order valence-corrected chi connectivity index (χ4v) is 2.68. The van der Waals surface area contributed by atoms with Crippen molar-refractivity contribution in [2.24, 2.45) is 7.05 Å². The summed E-state index contributed by atoms with van der Waals surface area (Å²) in [6.07, 6.45) is 1.82. The number of nitrogens with zero attached hydrogens (tertiary/aromatic N) is 3. The average molecular weight is 247 g/mol. The van der Waals surface area contributed by atoms with Gasteiger partial charge >= 0.3 is 0 Å². The molecule has 16 heavy (non-hydrogen) atoms. The van der Waals surface area contributed by atoms with E-state index in [1.54, 1.807) is 11.3 Å². The van der Waals surface area contributed by atoms with Crippen LogP contribution in [0.5, 0.6) is 0 Å². The lowest BCUT2D eigenvalue weighted by molar-refractivity contribution is 0.948. The molecule has 0 aliphatic carbocycles. The summed E-state index contributed by atoms with van der Waals surface area (Å²) in [6, 6.07) is 6.19. The van der Waals surface area contributed by atoms with Gasteiger partial charge in [-0.05, 0) is 18.2 Å². The molecular weight excluding hydrogens is 238 g/mol. The van der Waals surface area contributed by atoms with Crippen LogP contribution in [0.15, 0.2) is 34.9 Å². The molecule has 0 aliphatic heterocycles. The van der Waals surface area contributed by atoms with Crippen molar-refractivity contribution in [3.63, 3.8) is 0 Å². The molecule has 2 aromatic heterocycles. The lowest BCUT2D eigenvalue weighted by Crippen LogP contribution is -1.83. The van der Waals surface area contributed by atoms with Crippen molar-refractivity contribution < 1.29 is 0 Å². The monoisotopic (exact) mass is 247 g/mol. The van der Waals surface area contributed by atoms with Crippen LogP contribution in [-0.2, 0) is 7.05 Å². The number of hydrogen-bond donors (Lipinski definition) is 1. The van der Waals surface area contributed by atoms with Crippen LogP contribution in [0.25, 0.3) is 21.6 Å². The Labute approximate surface area is 102 Å². The molecule has 0 N–H and O–H groups in total. The molecule has 0 aliphatic rings. The zero-order chi connectivity index (χ0) is 11.1. The SMILES string of the molecule is Cn1cnc2cc(-c3nc(S)cs3)ccc21. The Morgan fingerprint density at radius 1 is 1.38 bits per heavy atom.